The molecule has 0 bridgehead atoms. The van der Waals surface area contributed by atoms with Gasteiger partial charge in [-0.2, -0.15) is 0 Å². The van der Waals surface area contributed by atoms with E-state index in [1.165, 1.54) is 11.3 Å². The first-order chi connectivity index (χ1) is 10.9. The molecule has 7 heteroatoms. The first-order valence-electron chi connectivity index (χ1n) is 7.03. The second-order valence-corrected chi connectivity index (χ2v) is 6.81. The SMILES string of the molecule is CCOC(=O)c1c(NC(=S)Nc2ccccc2Cl)sc(C)c1C. The lowest BCUT2D eigenvalue weighted by molar-refractivity contribution is 0.0527. The number of hydrogen-bond donors (Lipinski definition) is 2. The van der Waals surface area contributed by atoms with Crippen molar-refractivity contribution in [3.8, 4) is 0 Å². The van der Waals surface area contributed by atoms with Crippen LogP contribution < -0.4 is 10.6 Å². The van der Waals surface area contributed by atoms with E-state index in [2.05, 4.69) is 10.6 Å². The number of halogens is 1. The molecular formula is C16H17ClN2O2S2. The number of carbonyl (C=O) groups excluding carboxylic acids is 1. The molecule has 0 saturated carbocycles. The molecule has 0 aliphatic rings. The predicted molar refractivity (Wildman–Crippen MR) is 101 cm³/mol. The van der Waals surface area contributed by atoms with Gasteiger partial charge in [0.2, 0.25) is 0 Å². The second kappa shape index (κ2) is 7.77. The Labute approximate surface area is 149 Å². The summed E-state index contributed by atoms with van der Waals surface area (Å²) >= 11 is 12.9. The molecule has 0 saturated heterocycles. The van der Waals surface area contributed by atoms with E-state index >= 15 is 0 Å². The minimum absolute atomic E-state index is 0.328. The van der Waals surface area contributed by atoms with Crippen LogP contribution in [-0.2, 0) is 4.74 Å². The fourth-order valence-electron chi connectivity index (χ4n) is 1.98. The van der Waals surface area contributed by atoms with Crippen LogP contribution in [0.5, 0.6) is 0 Å². The summed E-state index contributed by atoms with van der Waals surface area (Å²) in [6.45, 7) is 5.96. The summed E-state index contributed by atoms with van der Waals surface area (Å²) in [7, 11) is 0. The zero-order valence-corrected chi connectivity index (χ0v) is 15.4. The lowest BCUT2D eigenvalue weighted by Crippen LogP contribution is -2.20. The van der Waals surface area contributed by atoms with Crippen molar-refractivity contribution < 1.29 is 9.53 Å². The third-order valence-electron chi connectivity index (χ3n) is 3.21. The highest BCUT2D eigenvalue weighted by molar-refractivity contribution is 7.80. The first kappa shape index (κ1) is 17.7. The number of benzene rings is 1. The van der Waals surface area contributed by atoms with E-state index < -0.39 is 0 Å². The van der Waals surface area contributed by atoms with Crippen molar-refractivity contribution in [2.24, 2.45) is 0 Å². The summed E-state index contributed by atoms with van der Waals surface area (Å²) in [6, 6.07) is 7.30. The molecule has 2 N–H and O–H groups in total. The van der Waals surface area contributed by atoms with Gasteiger partial charge in [-0.3, -0.25) is 0 Å². The van der Waals surface area contributed by atoms with Crippen LogP contribution in [-0.4, -0.2) is 17.7 Å². The monoisotopic (exact) mass is 368 g/mol. The number of carbonyl (C=O) groups is 1. The van der Waals surface area contributed by atoms with Crippen molar-refractivity contribution in [1.82, 2.24) is 0 Å². The van der Waals surface area contributed by atoms with E-state index in [9.17, 15) is 4.79 Å². The standard InChI is InChI=1S/C16H17ClN2O2S2/c1-4-21-15(20)13-9(2)10(3)23-14(13)19-16(22)18-12-8-6-5-7-11(12)17/h5-8H,4H2,1-3H3,(H2,18,19,22). The Hall–Kier alpha value is -1.63. The summed E-state index contributed by atoms with van der Waals surface area (Å²) in [5.74, 6) is -0.350. The fraction of sp³-hybridized carbons (Fsp3) is 0.250. The Kier molecular flexibility index (Phi) is 5.98. The number of anilines is 2. The zero-order chi connectivity index (χ0) is 17.0. The van der Waals surface area contributed by atoms with Crippen LogP contribution in [0.2, 0.25) is 5.02 Å². The van der Waals surface area contributed by atoms with Gasteiger partial charge in [-0.15, -0.1) is 11.3 Å². The van der Waals surface area contributed by atoms with Gasteiger partial charge >= 0.3 is 5.97 Å². The highest BCUT2D eigenvalue weighted by Gasteiger charge is 2.21. The number of nitrogens with one attached hydrogen (secondary N) is 2. The van der Waals surface area contributed by atoms with E-state index in [4.69, 9.17) is 28.6 Å². The summed E-state index contributed by atoms with van der Waals surface area (Å²) in [5.41, 5.74) is 2.13. The van der Waals surface area contributed by atoms with Crippen LogP contribution >= 0.6 is 35.2 Å². The highest BCUT2D eigenvalue weighted by Crippen LogP contribution is 2.33. The Morgan fingerprint density at radius 1 is 1.30 bits per heavy atom. The molecule has 0 fully saturated rings. The Bertz CT molecular complexity index is 744. The van der Waals surface area contributed by atoms with Crippen LogP contribution in [0.3, 0.4) is 0 Å². The first-order valence-corrected chi connectivity index (χ1v) is 8.64. The molecule has 1 aromatic heterocycles. The number of para-hydroxylation sites is 1. The number of hydrogen-bond acceptors (Lipinski definition) is 4. The molecule has 1 aromatic carbocycles. The van der Waals surface area contributed by atoms with Gasteiger partial charge in [0.15, 0.2) is 5.11 Å². The van der Waals surface area contributed by atoms with Crippen molar-refractivity contribution in [1.29, 1.82) is 0 Å². The largest absolute Gasteiger partial charge is 0.462 e. The fourth-order valence-corrected chi connectivity index (χ4v) is 3.50. The van der Waals surface area contributed by atoms with Gasteiger partial charge in [0, 0.05) is 4.88 Å². The van der Waals surface area contributed by atoms with E-state index in [0.29, 0.717) is 33.0 Å². The van der Waals surface area contributed by atoms with Gasteiger partial charge in [-0.25, -0.2) is 4.79 Å². The molecule has 4 nitrogen and oxygen atoms in total. The third-order valence-corrected chi connectivity index (χ3v) is 4.87. The van der Waals surface area contributed by atoms with Crippen molar-refractivity contribution in [2.75, 3.05) is 17.2 Å². The van der Waals surface area contributed by atoms with Gasteiger partial charge in [0.05, 0.1) is 22.9 Å². The minimum Gasteiger partial charge on any atom is -0.462 e. The van der Waals surface area contributed by atoms with Crippen LogP contribution in [0.1, 0.15) is 27.7 Å². The van der Waals surface area contributed by atoms with Gasteiger partial charge in [0.1, 0.15) is 5.00 Å². The Morgan fingerprint density at radius 3 is 2.65 bits per heavy atom. The molecule has 2 rings (SSSR count). The van der Waals surface area contributed by atoms with Crippen LogP contribution in [0, 0.1) is 13.8 Å². The summed E-state index contributed by atoms with van der Waals surface area (Å²) < 4.78 is 5.12. The van der Waals surface area contributed by atoms with Crippen molar-refractivity contribution in [3.05, 3.63) is 45.3 Å². The van der Waals surface area contributed by atoms with Crippen LogP contribution in [0.25, 0.3) is 0 Å². The average molecular weight is 369 g/mol. The normalized spacial score (nSPS) is 10.3. The molecule has 0 amide bonds. The lowest BCUT2D eigenvalue weighted by atomic mass is 10.1. The van der Waals surface area contributed by atoms with Gasteiger partial charge in [0.25, 0.3) is 0 Å². The minimum atomic E-state index is -0.350. The van der Waals surface area contributed by atoms with E-state index in [1.54, 1.807) is 13.0 Å². The molecule has 0 spiro atoms. The molecule has 2 aromatic rings. The molecule has 0 aliphatic heterocycles. The topological polar surface area (TPSA) is 50.4 Å². The number of thiophene rings is 1. The van der Waals surface area contributed by atoms with Gasteiger partial charge in [-0.05, 0) is 50.7 Å². The Morgan fingerprint density at radius 2 is 2.00 bits per heavy atom. The number of thiocarbonyl (C=S) groups is 1. The molecule has 0 aliphatic carbocycles. The average Bonchev–Trinajstić information content (AvgIpc) is 2.76. The number of ether oxygens (including phenoxy) is 1. The maximum Gasteiger partial charge on any atom is 0.341 e. The van der Waals surface area contributed by atoms with Crippen molar-refractivity contribution in [3.63, 3.8) is 0 Å². The number of esters is 1. The highest BCUT2D eigenvalue weighted by atomic mass is 35.5. The molecule has 0 radical (unpaired) electrons. The van der Waals surface area contributed by atoms with E-state index in [0.717, 1.165) is 10.4 Å². The van der Waals surface area contributed by atoms with Gasteiger partial charge in [-0.1, -0.05) is 23.7 Å². The molecule has 122 valence electrons. The summed E-state index contributed by atoms with van der Waals surface area (Å²) in [5, 5.41) is 7.70. The molecule has 0 unspecified atom stereocenters. The van der Waals surface area contributed by atoms with Crippen LogP contribution in [0.15, 0.2) is 24.3 Å². The molecule has 0 atom stereocenters. The molecular weight excluding hydrogens is 352 g/mol. The predicted octanol–water partition coefficient (Wildman–Crippen LogP) is 5.00. The second-order valence-electron chi connectivity index (χ2n) is 4.77. The Balaban J connectivity index is 2.20. The van der Waals surface area contributed by atoms with Crippen molar-refractivity contribution in [2.45, 2.75) is 20.8 Å². The lowest BCUT2D eigenvalue weighted by Gasteiger charge is -2.12. The molecule has 23 heavy (non-hydrogen) atoms. The quantitative estimate of drug-likeness (QED) is 0.587. The summed E-state index contributed by atoms with van der Waals surface area (Å²) in [4.78, 5) is 13.2. The number of aryl methyl sites for hydroxylation is 1. The van der Waals surface area contributed by atoms with Crippen molar-refractivity contribution >= 4 is 56.9 Å². The summed E-state index contributed by atoms with van der Waals surface area (Å²) in [6.07, 6.45) is 0. The zero-order valence-electron chi connectivity index (χ0n) is 13.0. The maximum atomic E-state index is 12.2. The maximum absolute atomic E-state index is 12.2. The third kappa shape index (κ3) is 4.22. The smallest absolute Gasteiger partial charge is 0.341 e. The number of rotatable bonds is 4. The van der Waals surface area contributed by atoms with Crippen LogP contribution in [0.4, 0.5) is 10.7 Å². The van der Waals surface area contributed by atoms with Gasteiger partial charge < -0.3 is 15.4 Å². The van der Waals surface area contributed by atoms with E-state index in [1.807, 2.05) is 32.0 Å². The van der Waals surface area contributed by atoms with E-state index in [-0.39, 0.29) is 5.97 Å². The molecule has 1 heterocycles.